The highest BCUT2D eigenvalue weighted by Gasteiger charge is 2.18. The molecule has 0 aromatic heterocycles. The van der Waals surface area contributed by atoms with E-state index in [1.54, 1.807) is 6.92 Å². The standard InChI is InChI=1S/C12H13FN2O4/c1-3-11(16)7(2)14-12(17)8-4-9(13)6-10(5-8)15(18)19/h4-7H,3H2,1-2H3,(H,14,17). The van der Waals surface area contributed by atoms with Crippen LogP contribution in [-0.2, 0) is 4.79 Å². The van der Waals surface area contributed by atoms with E-state index in [4.69, 9.17) is 0 Å². The molecule has 0 heterocycles. The van der Waals surface area contributed by atoms with Crippen LogP contribution in [0.1, 0.15) is 30.6 Å². The Labute approximate surface area is 108 Å². The summed E-state index contributed by atoms with van der Waals surface area (Å²) in [4.78, 5) is 32.8. The lowest BCUT2D eigenvalue weighted by Crippen LogP contribution is -2.38. The number of hydrogen-bond acceptors (Lipinski definition) is 4. The predicted molar refractivity (Wildman–Crippen MR) is 65.3 cm³/mol. The van der Waals surface area contributed by atoms with Crippen molar-refractivity contribution in [3.8, 4) is 0 Å². The number of carbonyl (C=O) groups excluding carboxylic acids is 2. The molecule has 0 aliphatic carbocycles. The van der Waals surface area contributed by atoms with Crippen LogP contribution in [0.25, 0.3) is 0 Å². The van der Waals surface area contributed by atoms with Crippen LogP contribution >= 0.6 is 0 Å². The number of halogens is 1. The highest BCUT2D eigenvalue weighted by molar-refractivity contribution is 5.98. The van der Waals surface area contributed by atoms with Crippen LogP contribution in [-0.4, -0.2) is 22.7 Å². The van der Waals surface area contributed by atoms with Gasteiger partial charge in [0.15, 0.2) is 5.78 Å². The molecule has 1 N–H and O–H groups in total. The van der Waals surface area contributed by atoms with Gasteiger partial charge in [0.05, 0.1) is 17.0 Å². The maximum atomic E-state index is 13.2. The van der Waals surface area contributed by atoms with Crippen molar-refractivity contribution >= 4 is 17.4 Å². The second-order valence-corrected chi connectivity index (χ2v) is 3.97. The first-order valence-corrected chi connectivity index (χ1v) is 5.63. The third-order valence-corrected chi connectivity index (χ3v) is 2.53. The zero-order valence-electron chi connectivity index (χ0n) is 10.5. The van der Waals surface area contributed by atoms with E-state index >= 15 is 0 Å². The third-order valence-electron chi connectivity index (χ3n) is 2.53. The van der Waals surface area contributed by atoms with Crippen LogP contribution < -0.4 is 5.32 Å². The average molecular weight is 268 g/mol. The first-order valence-electron chi connectivity index (χ1n) is 5.63. The molecule has 0 radical (unpaired) electrons. The van der Waals surface area contributed by atoms with Crippen LogP contribution in [0.4, 0.5) is 10.1 Å². The normalized spacial score (nSPS) is 11.7. The number of nitrogens with zero attached hydrogens (tertiary/aromatic N) is 1. The van der Waals surface area contributed by atoms with E-state index in [9.17, 15) is 24.1 Å². The summed E-state index contributed by atoms with van der Waals surface area (Å²) in [5.41, 5.74) is -0.706. The van der Waals surface area contributed by atoms with Crippen LogP contribution in [0.2, 0.25) is 0 Å². The van der Waals surface area contributed by atoms with E-state index < -0.39 is 28.4 Å². The molecule has 1 aromatic carbocycles. The lowest BCUT2D eigenvalue weighted by Gasteiger charge is -2.11. The number of nitrogens with one attached hydrogen (secondary N) is 1. The molecule has 0 aliphatic heterocycles. The Morgan fingerprint density at radius 2 is 2.05 bits per heavy atom. The zero-order chi connectivity index (χ0) is 14.6. The van der Waals surface area contributed by atoms with Gasteiger partial charge in [-0.2, -0.15) is 0 Å². The van der Waals surface area contributed by atoms with Crippen molar-refractivity contribution in [2.24, 2.45) is 0 Å². The molecule has 102 valence electrons. The number of hydrogen-bond donors (Lipinski definition) is 1. The lowest BCUT2D eigenvalue weighted by molar-refractivity contribution is -0.385. The van der Waals surface area contributed by atoms with Gasteiger partial charge in [-0.25, -0.2) is 4.39 Å². The Morgan fingerprint density at radius 3 is 2.58 bits per heavy atom. The smallest absolute Gasteiger partial charge is 0.273 e. The minimum Gasteiger partial charge on any atom is -0.343 e. The van der Waals surface area contributed by atoms with E-state index in [1.165, 1.54) is 6.92 Å². The number of nitro groups is 1. The van der Waals surface area contributed by atoms with Crippen molar-refractivity contribution in [1.82, 2.24) is 5.32 Å². The van der Waals surface area contributed by atoms with Gasteiger partial charge >= 0.3 is 0 Å². The van der Waals surface area contributed by atoms with E-state index in [2.05, 4.69) is 5.32 Å². The molecular weight excluding hydrogens is 255 g/mol. The molecule has 1 amide bonds. The number of non-ortho nitro benzene ring substituents is 1. The van der Waals surface area contributed by atoms with Crippen molar-refractivity contribution in [3.63, 3.8) is 0 Å². The number of nitro benzene ring substituents is 1. The summed E-state index contributed by atoms with van der Waals surface area (Å²) in [6, 6.07) is 1.84. The summed E-state index contributed by atoms with van der Waals surface area (Å²) >= 11 is 0. The Bertz CT molecular complexity index is 530. The zero-order valence-corrected chi connectivity index (χ0v) is 10.5. The van der Waals surface area contributed by atoms with Gasteiger partial charge < -0.3 is 5.32 Å². The van der Waals surface area contributed by atoms with Crippen molar-refractivity contribution < 1.29 is 18.9 Å². The molecule has 0 saturated heterocycles. The Kier molecular flexibility index (Phi) is 4.68. The predicted octanol–water partition coefficient (Wildman–Crippen LogP) is 1.83. The van der Waals surface area contributed by atoms with Crippen LogP contribution in [0.15, 0.2) is 18.2 Å². The molecule has 1 rings (SSSR count). The number of rotatable bonds is 5. The highest BCUT2D eigenvalue weighted by Crippen LogP contribution is 2.16. The molecule has 7 heteroatoms. The summed E-state index contributed by atoms with van der Waals surface area (Å²) in [6.07, 6.45) is 0.255. The molecule has 1 unspecified atom stereocenters. The van der Waals surface area contributed by atoms with E-state index in [1.807, 2.05) is 0 Å². The Hall–Kier alpha value is -2.31. The minimum atomic E-state index is -0.881. The fraction of sp³-hybridized carbons (Fsp3) is 0.333. The molecule has 1 aromatic rings. The van der Waals surface area contributed by atoms with Gasteiger partial charge in [-0.05, 0) is 13.0 Å². The van der Waals surface area contributed by atoms with Gasteiger partial charge in [-0.3, -0.25) is 19.7 Å². The van der Waals surface area contributed by atoms with Gasteiger partial charge in [-0.1, -0.05) is 6.92 Å². The fourth-order valence-corrected chi connectivity index (χ4v) is 1.48. The third kappa shape index (κ3) is 3.84. The van der Waals surface area contributed by atoms with Gasteiger partial charge in [0.1, 0.15) is 5.82 Å². The maximum Gasteiger partial charge on any atom is 0.273 e. The van der Waals surface area contributed by atoms with Gasteiger partial charge in [0.2, 0.25) is 0 Å². The molecule has 0 spiro atoms. The summed E-state index contributed by atoms with van der Waals surface area (Å²) in [5.74, 6) is -1.79. The largest absolute Gasteiger partial charge is 0.343 e. The van der Waals surface area contributed by atoms with Crippen LogP contribution in [0.3, 0.4) is 0 Å². The first kappa shape index (κ1) is 14.7. The molecule has 0 aliphatic rings. The van der Waals surface area contributed by atoms with Crippen LogP contribution in [0.5, 0.6) is 0 Å². The van der Waals surface area contributed by atoms with E-state index in [-0.39, 0.29) is 17.8 Å². The number of benzene rings is 1. The number of amides is 1. The molecule has 1 atom stereocenters. The van der Waals surface area contributed by atoms with Crippen molar-refractivity contribution in [2.75, 3.05) is 0 Å². The summed E-state index contributed by atoms with van der Waals surface area (Å²) < 4.78 is 13.2. The second kappa shape index (κ2) is 6.03. The average Bonchev–Trinajstić information content (AvgIpc) is 2.36. The first-order chi connectivity index (χ1) is 8.85. The summed E-state index contributed by atoms with van der Waals surface area (Å²) in [5, 5.41) is 12.9. The number of Topliss-reactive ketones (excluding diaryl/α,β-unsaturated/α-hetero) is 1. The molecular formula is C12H13FN2O4. The molecule has 0 fully saturated rings. The topological polar surface area (TPSA) is 89.3 Å². The van der Waals surface area contributed by atoms with Gasteiger partial charge in [0, 0.05) is 18.1 Å². The second-order valence-electron chi connectivity index (χ2n) is 3.97. The number of carbonyl (C=O) groups is 2. The molecule has 19 heavy (non-hydrogen) atoms. The van der Waals surface area contributed by atoms with Crippen molar-refractivity contribution in [2.45, 2.75) is 26.3 Å². The summed E-state index contributed by atoms with van der Waals surface area (Å²) in [6.45, 7) is 3.15. The van der Waals surface area contributed by atoms with Gasteiger partial charge in [-0.15, -0.1) is 0 Å². The summed E-state index contributed by atoms with van der Waals surface area (Å²) in [7, 11) is 0. The minimum absolute atomic E-state index is 0.181. The van der Waals surface area contributed by atoms with Crippen LogP contribution in [0, 0.1) is 15.9 Å². The van der Waals surface area contributed by atoms with Crippen molar-refractivity contribution in [1.29, 1.82) is 0 Å². The monoisotopic (exact) mass is 268 g/mol. The number of ketones is 1. The Morgan fingerprint density at radius 1 is 1.42 bits per heavy atom. The SMILES string of the molecule is CCC(=O)C(C)NC(=O)c1cc(F)cc([N+](=O)[O-])c1. The van der Waals surface area contributed by atoms with E-state index in [0.29, 0.717) is 0 Å². The lowest BCUT2D eigenvalue weighted by atomic mass is 10.1. The highest BCUT2D eigenvalue weighted by atomic mass is 19.1. The quantitative estimate of drug-likeness (QED) is 0.651. The van der Waals surface area contributed by atoms with Crippen molar-refractivity contribution in [3.05, 3.63) is 39.7 Å². The van der Waals surface area contributed by atoms with Gasteiger partial charge in [0.25, 0.3) is 11.6 Å². The molecule has 6 nitrogen and oxygen atoms in total. The Balaban J connectivity index is 2.94. The maximum absolute atomic E-state index is 13.2. The molecule has 0 bridgehead atoms. The molecule has 0 saturated carbocycles. The fourth-order valence-electron chi connectivity index (χ4n) is 1.48. The van der Waals surface area contributed by atoms with E-state index in [0.717, 1.165) is 18.2 Å².